The van der Waals surface area contributed by atoms with Crippen molar-refractivity contribution < 1.29 is 10.2 Å². The first-order chi connectivity index (χ1) is 8.56. The maximum Gasteiger partial charge on any atom is 0.328 e. The summed E-state index contributed by atoms with van der Waals surface area (Å²) in [5.41, 5.74) is -0.651. The standard InChI is InChI=1S/C12H16N2O4/c1-2-7-5-14(12(18)13-11(7)17)9-3-8(6-15)10(16)4-9/h2,5,8-10,15-16H,1,3-4,6H2,(H,13,17,18)/t8-,9-,10-/m1/s1. The van der Waals surface area contributed by atoms with Gasteiger partial charge >= 0.3 is 5.69 Å². The van der Waals surface area contributed by atoms with E-state index in [0.717, 1.165) is 0 Å². The number of aromatic nitrogens is 2. The van der Waals surface area contributed by atoms with E-state index >= 15 is 0 Å². The van der Waals surface area contributed by atoms with Gasteiger partial charge in [0.05, 0.1) is 11.7 Å². The van der Waals surface area contributed by atoms with E-state index in [1.54, 1.807) is 0 Å². The molecule has 0 saturated heterocycles. The van der Waals surface area contributed by atoms with Crippen molar-refractivity contribution in [1.29, 1.82) is 0 Å². The topological polar surface area (TPSA) is 95.3 Å². The second kappa shape index (κ2) is 4.91. The molecule has 3 atom stereocenters. The number of aromatic amines is 1. The molecule has 1 aromatic rings. The molecule has 1 aliphatic carbocycles. The minimum atomic E-state index is -0.619. The Morgan fingerprint density at radius 3 is 2.78 bits per heavy atom. The largest absolute Gasteiger partial charge is 0.396 e. The molecule has 1 aromatic heterocycles. The van der Waals surface area contributed by atoms with Crippen molar-refractivity contribution in [3.63, 3.8) is 0 Å². The predicted octanol–water partition coefficient (Wildman–Crippen LogP) is -0.516. The van der Waals surface area contributed by atoms with E-state index < -0.39 is 17.4 Å². The number of rotatable bonds is 3. The van der Waals surface area contributed by atoms with E-state index in [0.29, 0.717) is 18.4 Å². The van der Waals surface area contributed by atoms with Crippen molar-refractivity contribution in [3.8, 4) is 0 Å². The van der Waals surface area contributed by atoms with Gasteiger partial charge < -0.3 is 10.2 Å². The summed E-state index contributed by atoms with van der Waals surface area (Å²) in [6.45, 7) is 3.40. The smallest absolute Gasteiger partial charge is 0.328 e. The maximum absolute atomic E-state index is 11.7. The molecule has 6 heteroatoms. The first kappa shape index (κ1) is 12.8. The van der Waals surface area contributed by atoms with Gasteiger partial charge in [-0.1, -0.05) is 12.7 Å². The highest BCUT2D eigenvalue weighted by Gasteiger charge is 2.34. The van der Waals surface area contributed by atoms with Crippen LogP contribution in [0.2, 0.25) is 0 Å². The Balaban J connectivity index is 2.38. The van der Waals surface area contributed by atoms with Crippen molar-refractivity contribution in [2.45, 2.75) is 25.0 Å². The molecule has 6 nitrogen and oxygen atoms in total. The van der Waals surface area contributed by atoms with Crippen LogP contribution in [0.4, 0.5) is 0 Å². The number of hydrogen-bond donors (Lipinski definition) is 3. The second-order valence-electron chi connectivity index (χ2n) is 4.59. The van der Waals surface area contributed by atoms with Gasteiger partial charge in [-0.3, -0.25) is 14.3 Å². The third-order valence-corrected chi connectivity index (χ3v) is 3.48. The lowest BCUT2D eigenvalue weighted by Crippen LogP contribution is -2.32. The van der Waals surface area contributed by atoms with Crippen LogP contribution in [0.5, 0.6) is 0 Å². The van der Waals surface area contributed by atoms with Crippen LogP contribution < -0.4 is 11.2 Å². The normalized spacial score (nSPS) is 27.3. The van der Waals surface area contributed by atoms with E-state index in [2.05, 4.69) is 11.6 Å². The third-order valence-electron chi connectivity index (χ3n) is 3.48. The highest BCUT2D eigenvalue weighted by atomic mass is 16.3. The molecule has 0 aromatic carbocycles. The van der Waals surface area contributed by atoms with Gasteiger partial charge in [0, 0.05) is 24.8 Å². The Kier molecular flexibility index (Phi) is 3.49. The summed E-state index contributed by atoms with van der Waals surface area (Å²) in [6.07, 6.45) is 3.12. The summed E-state index contributed by atoms with van der Waals surface area (Å²) in [5.74, 6) is -0.221. The van der Waals surface area contributed by atoms with E-state index in [1.165, 1.54) is 16.8 Å². The molecule has 0 bridgehead atoms. The van der Waals surface area contributed by atoms with Gasteiger partial charge in [-0.05, 0) is 12.8 Å². The van der Waals surface area contributed by atoms with Crippen LogP contribution in [-0.2, 0) is 0 Å². The van der Waals surface area contributed by atoms with Gasteiger partial charge in [0.25, 0.3) is 5.56 Å². The Bertz CT molecular complexity index is 560. The van der Waals surface area contributed by atoms with Crippen LogP contribution in [0.3, 0.4) is 0 Å². The molecule has 1 heterocycles. The molecule has 0 unspecified atom stereocenters. The summed E-state index contributed by atoms with van der Waals surface area (Å²) < 4.78 is 1.40. The van der Waals surface area contributed by atoms with E-state index in [9.17, 15) is 14.7 Å². The molecule has 98 valence electrons. The lowest BCUT2D eigenvalue weighted by Gasteiger charge is -2.13. The molecule has 1 fully saturated rings. The highest BCUT2D eigenvalue weighted by Crippen LogP contribution is 2.33. The summed E-state index contributed by atoms with van der Waals surface area (Å²) in [4.78, 5) is 25.3. The Morgan fingerprint density at radius 2 is 2.22 bits per heavy atom. The van der Waals surface area contributed by atoms with Crippen molar-refractivity contribution in [2.75, 3.05) is 6.61 Å². The van der Waals surface area contributed by atoms with Crippen molar-refractivity contribution in [3.05, 3.63) is 39.2 Å². The molecule has 0 aliphatic heterocycles. The molecular formula is C12H16N2O4. The zero-order valence-corrected chi connectivity index (χ0v) is 9.87. The first-order valence-corrected chi connectivity index (χ1v) is 5.83. The quantitative estimate of drug-likeness (QED) is 0.674. The third kappa shape index (κ3) is 2.16. The van der Waals surface area contributed by atoms with Gasteiger partial charge in [0.2, 0.25) is 0 Å². The van der Waals surface area contributed by atoms with Gasteiger partial charge in [-0.25, -0.2) is 4.79 Å². The number of nitrogens with one attached hydrogen (secondary N) is 1. The first-order valence-electron chi connectivity index (χ1n) is 5.83. The maximum atomic E-state index is 11.7. The Hall–Kier alpha value is -1.66. The molecule has 3 N–H and O–H groups in total. The second-order valence-corrected chi connectivity index (χ2v) is 4.59. The molecular weight excluding hydrogens is 236 g/mol. The SMILES string of the molecule is C=Cc1cn([C@@H]2C[C@H](CO)[C@H](O)C2)c(=O)[nH]c1=O. The van der Waals surface area contributed by atoms with Crippen molar-refractivity contribution >= 4 is 6.08 Å². The summed E-state index contributed by atoms with van der Waals surface area (Å²) in [7, 11) is 0. The molecule has 1 aliphatic rings. The Morgan fingerprint density at radius 1 is 1.50 bits per heavy atom. The van der Waals surface area contributed by atoms with Crippen molar-refractivity contribution in [2.24, 2.45) is 5.92 Å². The van der Waals surface area contributed by atoms with Gasteiger partial charge in [-0.15, -0.1) is 0 Å². The number of aliphatic hydroxyl groups is 2. The molecule has 0 radical (unpaired) electrons. The van der Waals surface area contributed by atoms with Crippen LogP contribution in [0.1, 0.15) is 24.4 Å². The van der Waals surface area contributed by atoms with Crippen LogP contribution >= 0.6 is 0 Å². The molecule has 18 heavy (non-hydrogen) atoms. The highest BCUT2D eigenvalue weighted by molar-refractivity contribution is 5.43. The molecule has 2 rings (SSSR count). The summed E-state index contributed by atoms with van der Waals surface area (Å²) >= 11 is 0. The summed E-state index contributed by atoms with van der Waals surface area (Å²) in [5, 5.41) is 18.8. The van der Waals surface area contributed by atoms with E-state index in [-0.39, 0.29) is 18.6 Å². The number of H-pyrrole nitrogens is 1. The van der Waals surface area contributed by atoms with Gasteiger partial charge in [0.15, 0.2) is 0 Å². The zero-order valence-electron chi connectivity index (χ0n) is 9.87. The van der Waals surface area contributed by atoms with Crippen molar-refractivity contribution in [1.82, 2.24) is 9.55 Å². The van der Waals surface area contributed by atoms with Gasteiger partial charge in [0.1, 0.15) is 0 Å². The van der Waals surface area contributed by atoms with Crippen LogP contribution in [0.25, 0.3) is 6.08 Å². The lowest BCUT2D eigenvalue weighted by atomic mass is 10.1. The van der Waals surface area contributed by atoms with Crippen LogP contribution in [0, 0.1) is 5.92 Å². The number of nitrogens with zero attached hydrogens (tertiary/aromatic N) is 1. The zero-order chi connectivity index (χ0) is 13.3. The number of hydrogen-bond acceptors (Lipinski definition) is 4. The molecule has 0 amide bonds. The minimum Gasteiger partial charge on any atom is -0.396 e. The fraction of sp³-hybridized carbons (Fsp3) is 0.500. The molecule has 0 spiro atoms. The number of aliphatic hydroxyl groups excluding tert-OH is 2. The fourth-order valence-electron chi connectivity index (χ4n) is 2.41. The van der Waals surface area contributed by atoms with Crippen LogP contribution in [0.15, 0.2) is 22.4 Å². The fourth-order valence-corrected chi connectivity index (χ4v) is 2.41. The lowest BCUT2D eigenvalue weighted by molar-refractivity contribution is 0.0906. The van der Waals surface area contributed by atoms with E-state index in [4.69, 9.17) is 5.11 Å². The monoisotopic (exact) mass is 252 g/mol. The van der Waals surface area contributed by atoms with Gasteiger partial charge in [-0.2, -0.15) is 0 Å². The summed E-state index contributed by atoms with van der Waals surface area (Å²) in [6, 6.07) is -0.208. The molecule has 1 saturated carbocycles. The van der Waals surface area contributed by atoms with Crippen LogP contribution in [-0.4, -0.2) is 32.5 Å². The average molecular weight is 252 g/mol. The predicted molar refractivity (Wildman–Crippen MR) is 66.3 cm³/mol. The van der Waals surface area contributed by atoms with E-state index in [1.807, 2.05) is 0 Å². The average Bonchev–Trinajstić information content (AvgIpc) is 2.70. The minimum absolute atomic E-state index is 0.107. The Labute approximate surface area is 103 Å².